The Bertz CT molecular complexity index is 1610. The summed E-state index contributed by atoms with van der Waals surface area (Å²) in [4.78, 5) is 27.2. The number of carbonyl (C=O) groups is 1. The van der Waals surface area contributed by atoms with Crippen LogP contribution in [0, 0.1) is 0 Å². The summed E-state index contributed by atoms with van der Waals surface area (Å²) in [5.74, 6) is 1.00. The summed E-state index contributed by atoms with van der Waals surface area (Å²) in [7, 11) is 0. The first kappa shape index (κ1) is 23.8. The number of nitrogens with two attached hydrogens (primary N) is 1. The molecule has 38 heavy (non-hydrogen) atoms. The van der Waals surface area contributed by atoms with Crippen LogP contribution in [0.25, 0.3) is 39.5 Å². The Hall–Kier alpha value is -4.56. The molecule has 0 aliphatic heterocycles. The quantitative estimate of drug-likeness (QED) is 0.305. The molecule has 1 saturated carbocycles. The number of pyridine rings is 2. The number of rotatable bonds is 7. The predicted molar refractivity (Wildman–Crippen MR) is 148 cm³/mol. The third-order valence-corrected chi connectivity index (χ3v) is 7.37. The molecule has 4 N–H and O–H groups in total. The van der Waals surface area contributed by atoms with Gasteiger partial charge in [0.05, 0.1) is 23.3 Å². The van der Waals surface area contributed by atoms with Gasteiger partial charge in [-0.1, -0.05) is 48.9 Å². The van der Waals surface area contributed by atoms with Gasteiger partial charge in [0.1, 0.15) is 11.3 Å². The molecule has 0 saturated heterocycles. The standard InChI is InChI=1S/C30H28N6O2/c31-26-23(8-4-17-32-26)27-35-25-14-13-24(20-6-2-1-3-7-20)34-28(25)36(27)22-11-9-21(10-12-22)30(15-5-16-30)29(38)33-18-19-37/h1-4,6-14,17,37H,5,15-16,18-19H2,(H2,31,32)(H,33,38). The van der Waals surface area contributed by atoms with Crippen molar-refractivity contribution in [1.82, 2.24) is 24.8 Å². The van der Waals surface area contributed by atoms with Crippen LogP contribution in [0.15, 0.2) is 85.1 Å². The lowest BCUT2D eigenvalue weighted by molar-refractivity contribution is -0.130. The largest absolute Gasteiger partial charge is 0.395 e. The number of aliphatic hydroxyl groups excluding tert-OH is 1. The summed E-state index contributed by atoms with van der Waals surface area (Å²) >= 11 is 0. The number of imidazole rings is 1. The number of aromatic nitrogens is 4. The molecule has 190 valence electrons. The lowest BCUT2D eigenvalue weighted by Gasteiger charge is -2.40. The second-order valence-electron chi connectivity index (χ2n) is 9.57. The summed E-state index contributed by atoms with van der Waals surface area (Å²) in [6.45, 7) is 0.178. The number of benzene rings is 2. The Labute approximate surface area is 220 Å². The lowest BCUT2D eigenvalue weighted by Crippen LogP contribution is -2.49. The Morgan fingerprint density at radius 1 is 0.974 bits per heavy atom. The molecule has 3 aromatic heterocycles. The van der Waals surface area contributed by atoms with E-state index in [2.05, 4.69) is 10.3 Å². The van der Waals surface area contributed by atoms with E-state index in [1.54, 1.807) is 6.20 Å². The van der Waals surface area contributed by atoms with Gasteiger partial charge >= 0.3 is 0 Å². The number of aliphatic hydroxyl groups is 1. The van der Waals surface area contributed by atoms with Crippen molar-refractivity contribution in [3.05, 3.63) is 90.6 Å². The molecular formula is C30H28N6O2. The van der Waals surface area contributed by atoms with Gasteiger partial charge in [0.25, 0.3) is 0 Å². The lowest BCUT2D eigenvalue weighted by atomic mass is 9.64. The second kappa shape index (κ2) is 9.72. The van der Waals surface area contributed by atoms with E-state index in [1.165, 1.54) is 0 Å². The molecule has 1 aliphatic carbocycles. The molecule has 0 bridgehead atoms. The third kappa shape index (κ3) is 3.99. The number of anilines is 1. The summed E-state index contributed by atoms with van der Waals surface area (Å²) in [5, 5.41) is 12.0. The minimum atomic E-state index is -0.556. The third-order valence-electron chi connectivity index (χ3n) is 7.37. The van der Waals surface area contributed by atoms with Gasteiger partial charge in [-0.05, 0) is 54.8 Å². The Morgan fingerprint density at radius 3 is 2.45 bits per heavy atom. The van der Waals surface area contributed by atoms with Gasteiger partial charge < -0.3 is 16.2 Å². The smallest absolute Gasteiger partial charge is 0.230 e. The summed E-state index contributed by atoms with van der Waals surface area (Å²) < 4.78 is 2.00. The van der Waals surface area contributed by atoms with E-state index in [-0.39, 0.29) is 19.1 Å². The van der Waals surface area contributed by atoms with Crippen molar-refractivity contribution >= 4 is 22.9 Å². The second-order valence-corrected chi connectivity index (χ2v) is 9.57. The van der Waals surface area contributed by atoms with Gasteiger partial charge in [-0.2, -0.15) is 0 Å². The van der Waals surface area contributed by atoms with E-state index < -0.39 is 5.41 Å². The highest BCUT2D eigenvalue weighted by Crippen LogP contribution is 2.44. The molecule has 6 rings (SSSR count). The van der Waals surface area contributed by atoms with Crippen molar-refractivity contribution in [3.8, 4) is 28.3 Å². The van der Waals surface area contributed by atoms with Crippen LogP contribution in [0.4, 0.5) is 5.82 Å². The number of hydrogen-bond donors (Lipinski definition) is 3. The number of carbonyl (C=O) groups excluding carboxylic acids is 1. The maximum Gasteiger partial charge on any atom is 0.230 e. The zero-order valence-corrected chi connectivity index (χ0v) is 20.8. The number of fused-ring (bicyclic) bond motifs is 1. The summed E-state index contributed by atoms with van der Waals surface area (Å²) in [6.07, 6.45) is 4.23. The summed E-state index contributed by atoms with van der Waals surface area (Å²) in [5.41, 5.74) is 11.6. The minimum Gasteiger partial charge on any atom is -0.395 e. The van der Waals surface area contributed by atoms with E-state index in [1.807, 2.05) is 83.4 Å². The molecule has 2 aromatic carbocycles. The van der Waals surface area contributed by atoms with E-state index in [0.29, 0.717) is 17.3 Å². The van der Waals surface area contributed by atoms with Crippen molar-refractivity contribution in [1.29, 1.82) is 0 Å². The number of nitrogen functional groups attached to an aromatic ring is 1. The minimum absolute atomic E-state index is 0.0309. The molecule has 0 radical (unpaired) electrons. The Morgan fingerprint density at radius 2 is 1.76 bits per heavy atom. The molecule has 0 atom stereocenters. The van der Waals surface area contributed by atoms with Crippen LogP contribution in [0.5, 0.6) is 0 Å². The Kier molecular flexibility index (Phi) is 6.09. The number of hydrogen-bond acceptors (Lipinski definition) is 6. The SMILES string of the molecule is Nc1ncccc1-c1nc2ccc(-c3ccccc3)nc2n1-c1ccc(C2(C(=O)NCCO)CCC2)cc1. The average molecular weight is 505 g/mol. The van der Waals surface area contributed by atoms with Crippen LogP contribution in [0.1, 0.15) is 24.8 Å². The van der Waals surface area contributed by atoms with Crippen molar-refractivity contribution in [2.45, 2.75) is 24.7 Å². The fraction of sp³-hybridized carbons (Fsp3) is 0.200. The highest BCUT2D eigenvalue weighted by Gasteiger charge is 2.45. The van der Waals surface area contributed by atoms with Gasteiger partial charge in [-0.3, -0.25) is 9.36 Å². The molecule has 1 aliphatic rings. The number of nitrogens with zero attached hydrogens (tertiary/aromatic N) is 4. The number of nitrogens with one attached hydrogen (secondary N) is 1. The fourth-order valence-corrected chi connectivity index (χ4v) is 5.20. The van der Waals surface area contributed by atoms with Gasteiger partial charge in [0.15, 0.2) is 11.5 Å². The molecule has 0 unspecified atom stereocenters. The highest BCUT2D eigenvalue weighted by molar-refractivity contribution is 5.89. The highest BCUT2D eigenvalue weighted by atomic mass is 16.3. The van der Waals surface area contributed by atoms with Gasteiger partial charge in [-0.15, -0.1) is 0 Å². The van der Waals surface area contributed by atoms with E-state index >= 15 is 0 Å². The maximum absolute atomic E-state index is 13.0. The van der Waals surface area contributed by atoms with Crippen molar-refractivity contribution in [2.75, 3.05) is 18.9 Å². The first-order chi connectivity index (χ1) is 18.6. The molecule has 3 heterocycles. The molecule has 0 spiro atoms. The monoisotopic (exact) mass is 504 g/mol. The topological polar surface area (TPSA) is 119 Å². The van der Waals surface area contributed by atoms with Gasteiger partial charge in [-0.25, -0.2) is 15.0 Å². The first-order valence-electron chi connectivity index (χ1n) is 12.8. The van der Waals surface area contributed by atoms with E-state index in [4.69, 9.17) is 20.8 Å². The van der Waals surface area contributed by atoms with E-state index in [9.17, 15) is 4.79 Å². The number of amides is 1. The maximum atomic E-state index is 13.0. The first-order valence-corrected chi connectivity index (χ1v) is 12.8. The molecular weight excluding hydrogens is 476 g/mol. The summed E-state index contributed by atoms with van der Waals surface area (Å²) in [6, 6.07) is 25.7. The Balaban J connectivity index is 1.49. The van der Waals surface area contributed by atoms with Crippen LogP contribution >= 0.6 is 0 Å². The van der Waals surface area contributed by atoms with Crippen LogP contribution in [0.3, 0.4) is 0 Å². The van der Waals surface area contributed by atoms with Crippen LogP contribution in [-0.4, -0.2) is 43.7 Å². The normalized spacial score (nSPS) is 14.2. The molecule has 1 fully saturated rings. The molecule has 5 aromatic rings. The zero-order chi connectivity index (χ0) is 26.1. The molecule has 8 heteroatoms. The van der Waals surface area contributed by atoms with E-state index in [0.717, 1.165) is 52.9 Å². The van der Waals surface area contributed by atoms with Gasteiger partial charge in [0, 0.05) is 24.0 Å². The van der Waals surface area contributed by atoms with Gasteiger partial charge in [0.2, 0.25) is 5.91 Å². The molecule has 8 nitrogen and oxygen atoms in total. The van der Waals surface area contributed by atoms with Crippen LogP contribution in [-0.2, 0) is 10.2 Å². The zero-order valence-electron chi connectivity index (χ0n) is 20.8. The average Bonchev–Trinajstić information content (AvgIpc) is 3.31. The van der Waals surface area contributed by atoms with Crippen LogP contribution < -0.4 is 11.1 Å². The van der Waals surface area contributed by atoms with Crippen molar-refractivity contribution in [3.63, 3.8) is 0 Å². The predicted octanol–water partition coefficient (Wildman–Crippen LogP) is 4.26. The molecule has 1 amide bonds. The van der Waals surface area contributed by atoms with Crippen molar-refractivity contribution in [2.24, 2.45) is 0 Å². The van der Waals surface area contributed by atoms with Crippen molar-refractivity contribution < 1.29 is 9.90 Å². The van der Waals surface area contributed by atoms with Crippen LogP contribution in [0.2, 0.25) is 0 Å². The fourth-order valence-electron chi connectivity index (χ4n) is 5.20.